The Morgan fingerprint density at radius 2 is 2.00 bits per heavy atom. The van der Waals surface area contributed by atoms with E-state index in [1.807, 2.05) is 12.1 Å². The first-order valence-electron chi connectivity index (χ1n) is 7.80. The third-order valence-electron chi connectivity index (χ3n) is 4.28. The molecule has 1 aliphatic rings. The van der Waals surface area contributed by atoms with E-state index in [1.165, 1.54) is 0 Å². The van der Waals surface area contributed by atoms with Crippen LogP contribution in [0.5, 0.6) is 0 Å². The standard InChI is InChI=1S/C17H18ClN3O3/c1-11-15(10-21(19-11)14-6-4-13(18)5-7-14)16(22)20-8-2-3-12(9-20)17(23)24/h4-7,10,12H,2-3,8-9H2,1H3,(H,23,24)/t12-/m0/s1. The number of benzene rings is 1. The maximum absolute atomic E-state index is 12.7. The number of aryl methyl sites for hydroxylation is 1. The monoisotopic (exact) mass is 347 g/mol. The second-order valence-corrected chi connectivity index (χ2v) is 6.41. The second kappa shape index (κ2) is 6.65. The molecule has 7 heteroatoms. The lowest BCUT2D eigenvalue weighted by Crippen LogP contribution is -2.42. The Balaban J connectivity index is 1.83. The third-order valence-corrected chi connectivity index (χ3v) is 4.53. The molecule has 1 N–H and O–H groups in total. The molecule has 24 heavy (non-hydrogen) atoms. The normalized spacial score (nSPS) is 17.8. The lowest BCUT2D eigenvalue weighted by molar-refractivity contribution is -0.143. The maximum Gasteiger partial charge on any atom is 0.308 e. The number of carbonyl (C=O) groups excluding carboxylic acids is 1. The highest BCUT2D eigenvalue weighted by atomic mass is 35.5. The van der Waals surface area contributed by atoms with Gasteiger partial charge in [0.05, 0.1) is 22.9 Å². The molecule has 0 radical (unpaired) electrons. The molecule has 0 spiro atoms. The summed E-state index contributed by atoms with van der Waals surface area (Å²) in [6.45, 7) is 2.60. The minimum atomic E-state index is -0.846. The zero-order valence-corrected chi connectivity index (χ0v) is 14.0. The number of likely N-dealkylation sites (tertiary alicyclic amines) is 1. The molecule has 0 aliphatic carbocycles. The van der Waals surface area contributed by atoms with Crippen molar-refractivity contribution in [1.29, 1.82) is 0 Å². The first-order valence-corrected chi connectivity index (χ1v) is 8.18. The van der Waals surface area contributed by atoms with Gasteiger partial charge in [-0.25, -0.2) is 4.68 Å². The summed E-state index contributed by atoms with van der Waals surface area (Å²) in [5.41, 5.74) is 1.92. The molecule has 0 saturated carbocycles. The fourth-order valence-corrected chi connectivity index (χ4v) is 3.06. The number of carbonyl (C=O) groups is 2. The van der Waals surface area contributed by atoms with Crippen LogP contribution in [-0.4, -0.2) is 44.8 Å². The predicted molar refractivity (Wildman–Crippen MR) is 89.6 cm³/mol. The second-order valence-electron chi connectivity index (χ2n) is 5.98. The SMILES string of the molecule is Cc1nn(-c2ccc(Cl)cc2)cc1C(=O)N1CCC[C@H](C(=O)O)C1. The molecule has 1 saturated heterocycles. The van der Waals surface area contributed by atoms with E-state index < -0.39 is 11.9 Å². The van der Waals surface area contributed by atoms with Crippen molar-refractivity contribution >= 4 is 23.5 Å². The van der Waals surface area contributed by atoms with Gasteiger partial charge < -0.3 is 10.0 Å². The number of hydrogen-bond acceptors (Lipinski definition) is 3. The summed E-state index contributed by atoms with van der Waals surface area (Å²) in [5.74, 6) is -1.51. The Kier molecular flexibility index (Phi) is 4.57. The van der Waals surface area contributed by atoms with Crippen molar-refractivity contribution in [2.45, 2.75) is 19.8 Å². The van der Waals surface area contributed by atoms with Crippen LogP contribution >= 0.6 is 11.6 Å². The Bertz CT molecular complexity index is 770. The Morgan fingerprint density at radius 3 is 2.67 bits per heavy atom. The minimum Gasteiger partial charge on any atom is -0.481 e. The van der Waals surface area contributed by atoms with Gasteiger partial charge in [0.25, 0.3) is 5.91 Å². The molecule has 126 valence electrons. The van der Waals surface area contributed by atoms with Gasteiger partial charge in [-0.05, 0) is 44.0 Å². The van der Waals surface area contributed by atoms with Crippen LogP contribution in [-0.2, 0) is 4.79 Å². The van der Waals surface area contributed by atoms with Crippen LogP contribution in [0, 0.1) is 12.8 Å². The number of rotatable bonds is 3. The highest BCUT2D eigenvalue weighted by Crippen LogP contribution is 2.21. The number of nitrogens with zero attached hydrogens (tertiary/aromatic N) is 3. The Labute approximate surface area is 144 Å². The van der Waals surface area contributed by atoms with Crippen LogP contribution in [0.15, 0.2) is 30.5 Å². The van der Waals surface area contributed by atoms with Gasteiger partial charge in [0.15, 0.2) is 0 Å². The van der Waals surface area contributed by atoms with Gasteiger partial charge in [-0.15, -0.1) is 0 Å². The minimum absolute atomic E-state index is 0.168. The number of carboxylic acids is 1. The average molecular weight is 348 g/mol. The van der Waals surface area contributed by atoms with Crippen molar-refractivity contribution in [2.24, 2.45) is 5.92 Å². The van der Waals surface area contributed by atoms with E-state index in [1.54, 1.807) is 34.8 Å². The van der Waals surface area contributed by atoms with Crippen LogP contribution in [0.3, 0.4) is 0 Å². The van der Waals surface area contributed by atoms with E-state index in [4.69, 9.17) is 11.6 Å². The molecule has 0 unspecified atom stereocenters. The largest absolute Gasteiger partial charge is 0.481 e. The first-order chi connectivity index (χ1) is 11.5. The Hall–Kier alpha value is -2.34. The van der Waals surface area contributed by atoms with Gasteiger partial charge in [0, 0.05) is 24.3 Å². The predicted octanol–water partition coefficient (Wildman–Crippen LogP) is 2.77. The quantitative estimate of drug-likeness (QED) is 0.926. The molecule has 1 aliphatic heterocycles. The van der Waals surface area contributed by atoms with Crippen molar-refractivity contribution in [1.82, 2.24) is 14.7 Å². The molecule has 1 aromatic heterocycles. The highest BCUT2D eigenvalue weighted by Gasteiger charge is 2.30. The molecule has 2 heterocycles. The molecule has 1 amide bonds. The Morgan fingerprint density at radius 1 is 1.29 bits per heavy atom. The summed E-state index contributed by atoms with van der Waals surface area (Å²) in [5, 5.41) is 14.2. The molecule has 1 aromatic carbocycles. The van der Waals surface area contributed by atoms with E-state index in [-0.39, 0.29) is 12.5 Å². The lowest BCUT2D eigenvalue weighted by atomic mass is 9.98. The van der Waals surface area contributed by atoms with Gasteiger partial charge in [-0.3, -0.25) is 9.59 Å². The summed E-state index contributed by atoms with van der Waals surface area (Å²) < 4.78 is 1.64. The van der Waals surface area contributed by atoms with E-state index >= 15 is 0 Å². The summed E-state index contributed by atoms with van der Waals surface area (Å²) in [4.78, 5) is 25.5. The van der Waals surface area contributed by atoms with Crippen molar-refractivity contribution in [3.63, 3.8) is 0 Å². The van der Waals surface area contributed by atoms with E-state index in [9.17, 15) is 14.7 Å². The third kappa shape index (κ3) is 3.28. The first kappa shape index (κ1) is 16.5. The number of piperidine rings is 1. The smallest absolute Gasteiger partial charge is 0.308 e. The van der Waals surface area contributed by atoms with Gasteiger partial charge in [-0.2, -0.15) is 5.10 Å². The zero-order chi connectivity index (χ0) is 17.3. The van der Waals surface area contributed by atoms with E-state index in [2.05, 4.69) is 5.10 Å². The van der Waals surface area contributed by atoms with Crippen molar-refractivity contribution in [3.05, 3.63) is 46.7 Å². The fraction of sp³-hybridized carbons (Fsp3) is 0.353. The molecule has 3 rings (SSSR count). The molecule has 0 bridgehead atoms. The van der Waals surface area contributed by atoms with Gasteiger partial charge in [-0.1, -0.05) is 11.6 Å². The number of hydrogen-bond donors (Lipinski definition) is 1. The maximum atomic E-state index is 12.7. The van der Waals surface area contributed by atoms with Crippen LogP contribution in [0.2, 0.25) is 5.02 Å². The van der Waals surface area contributed by atoms with Gasteiger partial charge in [0.2, 0.25) is 0 Å². The fourth-order valence-electron chi connectivity index (χ4n) is 2.93. The van der Waals surface area contributed by atoms with Gasteiger partial charge >= 0.3 is 5.97 Å². The molecule has 6 nitrogen and oxygen atoms in total. The van der Waals surface area contributed by atoms with E-state index in [0.29, 0.717) is 35.7 Å². The number of aromatic nitrogens is 2. The molecule has 1 fully saturated rings. The number of aliphatic carboxylic acids is 1. The van der Waals surface area contributed by atoms with Crippen LogP contribution in [0.25, 0.3) is 5.69 Å². The molecular formula is C17H18ClN3O3. The van der Waals surface area contributed by atoms with Crippen LogP contribution in [0.1, 0.15) is 28.9 Å². The topological polar surface area (TPSA) is 75.4 Å². The summed E-state index contributed by atoms with van der Waals surface area (Å²) >= 11 is 5.89. The van der Waals surface area contributed by atoms with E-state index in [0.717, 1.165) is 5.69 Å². The average Bonchev–Trinajstić information content (AvgIpc) is 2.96. The number of halogens is 1. The summed E-state index contributed by atoms with van der Waals surface area (Å²) in [6, 6.07) is 7.17. The van der Waals surface area contributed by atoms with Crippen molar-refractivity contribution in [2.75, 3.05) is 13.1 Å². The van der Waals surface area contributed by atoms with Gasteiger partial charge in [0.1, 0.15) is 0 Å². The summed E-state index contributed by atoms with van der Waals surface area (Å²) in [6.07, 6.45) is 3.00. The molecule has 1 atom stereocenters. The van der Waals surface area contributed by atoms with Crippen molar-refractivity contribution in [3.8, 4) is 5.69 Å². The molecule has 2 aromatic rings. The van der Waals surface area contributed by atoms with Crippen LogP contribution in [0.4, 0.5) is 0 Å². The number of amides is 1. The zero-order valence-electron chi connectivity index (χ0n) is 13.3. The van der Waals surface area contributed by atoms with Crippen molar-refractivity contribution < 1.29 is 14.7 Å². The molecular weight excluding hydrogens is 330 g/mol. The lowest BCUT2D eigenvalue weighted by Gasteiger charge is -2.30. The number of carboxylic acid groups (broad SMARTS) is 1. The summed E-state index contributed by atoms with van der Waals surface area (Å²) in [7, 11) is 0. The van der Waals surface area contributed by atoms with Crippen LogP contribution < -0.4 is 0 Å². The highest BCUT2D eigenvalue weighted by molar-refractivity contribution is 6.30.